The minimum Gasteiger partial charge on any atom is -0.341 e. The van der Waals surface area contributed by atoms with E-state index >= 15 is 0 Å². The lowest BCUT2D eigenvalue weighted by atomic mass is 9.90. The molecule has 2 amide bonds. The summed E-state index contributed by atoms with van der Waals surface area (Å²) in [5, 5.41) is 0. The Morgan fingerprint density at radius 3 is 2.55 bits per heavy atom. The predicted molar refractivity (Wildman–Crippen MR) is 83.1 cm³/mol. The van der Waals surface area contributed by atoms with Crippen molar-refractivity contribution in [2.45, 2.75) is 32.1 Å². The molecule has 5 heteroatoms. The number of carbonyl (C=O) groups is 2. The van der Waals surface area contributed by atoms with Crippen LogP contribution < -0.4 is 0 Å². The molecular weight excluding hydrogens is 278 g/mol. The lowest BCUT2D eigenvalue weighted by molar-refractivity contribution is -0.139. The summed E-state index contributed by atoms with van der Waals surface area (Å²) >= 11 is 0. The van der Waals surface area contributed by atoms with Crippen molar-refractivity contribution in [1.29, 1.82) is 0 Å². The molecule has 2 fully saturated rings. The van der Waals surface area contributed by atoms with Crippen molar-refractivity contribution >= 4 is 11.8 Å². The van der Waals surface area contributed by atoms with Crippen LogP contribution in [0.2, 0.25) is 0 Å². The van der Waals surface area contributed by atoms with Crippen molar-refractivity contribution in [3.63, 3.8) is 0 Å². The van der Waals surface area contributed by atoms with Gasteiger partial charge in [-0.25, -0.2) is 0 Å². The Labute approximate surface area is 131 Å². The van der Waals surface area contributed by atoms with Gasteiger partial charge in [-0.1, -0.05) is 0 Å². The first-order valence-corrected chi connectivity index (χ1v) is 8.17. The van der Waals surface area contributed by atoms with Crippen molar-refractivity contribution in [3.8, 4) is 0 Å². The molecule has 3 heterocycles. The summed E-state index contributed by atoms with van der Waals surface area (Å²) in [5.74, 6) is 0.874. The Bertz CT molecular complexity index is 524. The van der Waals surface area contributed by atoms with E-state index < -0.39 is 0 Å². The fraction of sp³-hybridized carbons (Fsp3) is 0.588. The van der Waals surface area contributed by atoms with Crippen LogP contribution in [0.3, 0.4) is 0 Å². The van der Waals surface area contributed by atoms with Gasteiger partial charge in [0.25, 0.3) is 0 Å². The van der Waals surface area contributed by atoms with Gasteiger partial charge in [-0.05, 0) is 49.3 Å². The minimum atomic E-state index is 0.109. The monoisotopic (exact) mass is 301 g/mol. The standard InChI is InChI=1S/C17H23N3O2/c21-16-2-1-9-20(16)13-17(22)19-10-5-15(6-11-19)12-14-3-7-18-8-4-14/h3-4,7-8,15H,1-2,5-6,9-13H2. The largest absolute Gasteiger partial charge is 0.341 e. The number of carbonyl (C=O) groups excluding carboxylic acids is 2. The smallest absolute Gasteiger partial charge is 0.242 e. The van der Waals surface area contributed by atoms with E-state index in [4.69, 9.17) is 0 Å². The molecule has 22 heavy (non-hydrogen) atoms. The van der Waals surface area contributed by atoms with Gasteiger partial charge in [0.05, 0.1) is 6.54 Å². The van der Waals surface area contributed by atoms with Crippen LogP contribution in [0.15, 0.2) is 24.5 Å². The van der Waals surface area contributed by atoms with Crippen LogP contribution >= 0.6 is 0 Å². The number of rotatable bonds is 4. The highest BCUT2D eigenvalue weighted by Crippen LogP contribution is 2.22. The fourth-order valence-corrected chi connectivity index (χ4v) is 3.37. The number of aromatic nitrogens is 1. The molecule has 0 saturated carbocycles. The van der Waals surface area contributed by atoms with Gasteiger partial charge in [-0.15, -0.1) is 0 Å². The highest BCUT2D eigenvalue weighted by molar-refractivity contribution is 5.85. The second-order valence-electron chi connectivity index (χ2n) is 6.30. The van der Waals surface area contributed by atoms with Crippen LogP contribution in [0.5, 0.6) is 0 Å². The van der Waals surface area contributed by atoms with E-state index in [1.165, 1.54) is 5.56 Å². The van der Waals surface area contributed by atoms with Gasteiger partial charge < -0.3 is 9.80 Å². The summed E-state index contributed by atoms with van der Waals surface area (Å²) in [5.41, 5.74) is 1.32. The number of nitrogens with zero attached hydrogens (tertiary/aromatic N) is 3. The summed E-state index contributed by atoms with van der Waals surface area (Å²) < 4.78 is 0. The molecule has 0 aliphatic carbocycles. The zero-order valence-corrected chi connectivity index (χ0v) is 12.9. The predicted octanol–water partition coefficient (Wildman–Crippen LogP) is 1.49. The van der Waals surface area contributed by atoms with Gasteiger partial charge in [0.1, 0.15) is 0 Å². The Hall–Kier alpha value is -1.91. The van der Waals surface area contributed by atoms with Crippen LogP contribution in [0, 0.1) is 5.92 Å². The van der Waals surface area contributed by atoms with Crippen molar-refractivity contribution in [3.05, 3.63) is 30.1 Å². The maximum atomic E-state index is 12.3. The molecule has 2 aliphatic heterocycles. The molecule has 0 aromatic carbocycles. The van der Waals surface area contributed by atoms with E-state index in [1.807, 2.05) is 17.3 Å². The Balaban J connectivity index is 1.45. The zero-order chi connectivity index (χ0) is 15.4. The Kier molecular flexibility index (Phi) is 4.71. The number of piperidine rings is 1. The van der Waals surface area contributed by atoms with Crippen molar-refractivity contribution in [2.75, 3.05) is 26.2 Å². The van der Waals surface area contributed by atoms with Crippen molar-refractivity contribution in [2.24, 2.45) is 5.92 Å². The second-order valence-corrected chi connectivity index (χ2v) is 6.30. The number of likely N-dealkylation sites (tertiary alicyclic amines) is 2. The maximum Gasteiger partial charge on any atom is 0.242 e. The zero-order valence-electron chi connectivity index (χ0n) is 12.9. The average molecular weight is 301 g/mol. The van der Waals surface area contributed by atoms with Crippen LogP contribution in [-0.4, -0.2) is 52.8 Å². The lowest BCUT2D eigenvalue weighted by Crippen LogP contribution is -2.44. The van der Waals surface area contributed by atoms with E-state index in [-0.39, 0.29) is 18.4 Å². The molecule has 3 rings (SSSR count). The van der Waals surface area contributed by atoms with Gasteiger partial charge in [0.2, 0.25) is 11.8 Å². The van der Waals surface area contributed by atoms with Crippen molar-refractivity contribution in [1.82, 2.24) is 14.8 Å². The topological polar surface area (TPSA) is 53.5 Å². The van der Waals surface area contributed by atoms with Gasteiger partial charge in [-0.3, -0.25) is 14.6 Å². The molecule has 0 spiro atoms. The van der Waals surface area contributed by atoms with Gasteiger partial charge in [0.15, 0.2) is 0 Å². The molecule has 1 aromatic heterocycles. The van der Waals surface area contributed by atoms with Gasteiger partial charge >= 0.3 is 0 Å². The normalized spacial score (nSPS) is 19.7. The lowest BCUT2D eigenvalue weighted by Gasteiger charge is -2.33. The van der Waals surface area contributed by atoms with E-state index in [0.717, 1.165) is 45.3 Å². The summed E-state index contributed by atoms with van der Waals surface area (Å²) in [4.78, 5) is 31.6. The van der Waals surface area contributed by atoms with Gasteiger partial charge in [0, 0.05) is 38.4 Å². The van der Waals surface area contributed by atoms with E-state index in [9.17, 15) is 9.59 Å². The minimum absolute atomic E-state index is 0.109. The third-order valence-corrected chi connectivity index (χ3v) is 4.74. The number of hydrogen-bond acceptors (Lipinski definition) is 3. The molecule has 0 unspecified atom stereocenters. The van der Waals surface area contributed by atoms with Crippen LogP contribution in [0.1, 0.15) is 31.2 Å². The maximum absolute atomic E-state index is 12.3. The van der Waals surface area contributed by atoms with Crippen LogP contribution in [-0.2, 0) is 16.0 Å². The summed E-state index contributed by atoms with van der Waals surface area (Å²) in [6.45, 7) is 2.64. The molecule has 2 aliphatic rings. The summed E-state index contributed by atoms with van der Waals surface area (Å²) in [7, 11) is 0. The third-order valence-electron chi connectivity index (χ3n) is 4.74. The second kappa shape index (κ2) is 6.90. The molecule has 0 radical (unpaired) electrons. The van der Waals surface area contributed by atoms with E-state index in [2.05, 4.69) is 17.1 Å². The molecular formula is C17H23N3O2. The molecule has 1 aromatic rings. The number of amides is 2. The highest BCUT2D eigenvalue weighted by atomic mass is 16.2. The molecule has 0 N–H and O–H groups in total. The quantitative estimate of drug-likeness (QED) is 0.846. The average Bonchev–Trinajstić information content (AvgIpc) is 2.94. The van der Waals surface area contributed by atoms with E-state index in [0.29, 0.717) is 12.3 Å². The first-order chi connectivity index (χ1) is 10.7. The number of hydrogen-bond donors (Lipinski definition) is 0. The first kappa shape index (κ1) is 15.0. The molecule has 5 nitrogen and oxygen atoms in total. The first-order valence-electron chi connectivity index (χ1n) is 8.17. The third kappa shape index (κ3) is 3.64. The molecule has 0 bridgehead atoms. The van der Waals surface area contributed by atoms with E-state index in [1.54, 1.807) is 4.90 Å². The number of pyridine rings is 1. The molecule has 0 atom stereocenters. The van der Waals surface area contributed by atoms with Crippen LogP contribution in [0.4, 0.5) is 0 Å². The molecule has 118 valence electrons. The Morgan fingerprint density at radius 2 is 1.91 bits per heavy atom. The molecule has 2 saturated heterocycles. The Morgan fingerprint density at radius 1 is 1.18 bits per heavy atom. The fourth-order valence-electron chi connectivity index (χ4n) is 3.37. The van der Waals surface area contributed by atoms with Crippen molar-refractivity contribution < 1.29 is 9.59 Å². The summed E-state index contributed by atoms with van der Waals surface area (Å²) in [6.07, 6.45) is 8.31. The summed E-state index contributed by atoms with van der Waals surface area (Å²) in [6, 6.07) is 4.13. The van der Waals surface area contributed by atoms with Crippen LogP contribution in [0.25, 0.3) is 0 Å². The SMILES string of the molecule is O=C(CN1CCCC1=O)N1CCC(Cc2ccncc2)CC1. The van der Waals surface area contributed by atoms with Gasteiger partial charge in [-0.2, -0.15) is 0 Å². The highest BCUT2D eigenvalue weighted by Gasteiger charge is 2.27.